The molecule has 172 valence electrons. The number of methoxy groups -OCH3 is 1. The van der Waals surface area contributed by atoms with Crippen molar-refractivity contribution in [2.24, 2.45) is 5.41 Å². The lowest BCUT2D eigenvalue weighted by Gasteiger charge is -2.37. The van der Waals surface area contributed by atoms with Gasteiger partial charge in [0, 0.05) is 7.11 Å². The van der Waals surface area contributed by atoms with Crippen molar-refractivity contribution in [3.8, 4) is 0 Å². The van der Waals surface area contributed by atoms with Gasteiger partial charge in [0.05, 0.1) is 11.7 Å². The molecule has 29 heavy (non-hydrogen) atoms. The van der Waals surface area contributed by atoms with Crippen molar-refractivity contribution in [2.75, 3.05) is 7.11 Å². The zero-order valence-electron chi connectivity index (χ0n) is 20.7. The number of aliphatic hydroxyl groups is 1. The monoisotopic (exact) mass is 408 g/mol. The molecule has 0 amide bonds. The standard InChI is InChI=1S/C27H52O2/c1-23-24(26(2,3)22-20-25(23)28)19-17-15-13-11-9-7-8-10-12-14-16-18-21-27(4,5)29-6/h25,28H,7-22H2,1-6H3. The first-order valence-corrected chi connectivity index (χ1v) is 12.6. The molecule has 1 N–H and O–H groups in total. The Hall–Kier alpha value is -0.340. The number of hydrogen-bond acceptors (Lipinski definition) is 2. The van der Waals surface area contributed by atoms with Crippen molar-refractivity contribution in [3.05, 3.63) is 11.1 Å². The van der Waals surface area contributed by atoms with Crippen LogP contribution in [0.3, 0.4) is 0 Å². The summed E-state index contributed by atoms with van der Waals surface area (Å²) in [6.45, 7) is 11.2. The van der Waals surface area contributed by atoms with Crippen molar-refractivity contribution < 1.29 is 9.84 Å². The largest absolute Gasteiger partial charge is 0.389 e. The van der Waals surface area contributed by atoms with Crippen LogP contribution in [0.1, 0.15) is 137 Å². The number of unbranched alkanes of at least 4 members (excludes halogenated alkanes) is 11. The lowest BCUT2D eigenvalue weighted by atomic mass is 9.70. The molecule has 0 aromatic heterocycles. The van der Waals surface area contributed by atoms with Gasteiger partial charge in [0.15, 0.2) is 0 Å². The Kier molecular flexibility index (Phi) is 12.8. The van der Waals surface area contributed by atoms with E-state index < -0.39 is 0 Å². The van der Waals surface area contributed by atoms with Crippen LogP contribution >= 0.6 is 0 Å². The Balaban J connectivity index is 1.93. The summed E-state index contributed by atoms with van der Waals surface area (Å²) in [6.07, 6.45) is 20.8. The molecular formula is C27H52O2. The highest BCUT2D eigenvalue weighted by molar-refractivity contribution is 5.25. The molecule has 0 bridgehead atoms. The number of allylic oxidation sites excluding steroid dienone is 1. The number of aliphatic hydroxyl groups excluding tert-OH is 1. The van der Waals surface area contributed by atoms with E-state index in [9.17, 15) is 5.11 Å². The summed E-state index contributed by atoms with van der Waals surface area (Å²) in [7, 11) is 1.82. The molecule has 1 aliphatic rings. The van der Waals surface area contributed by atoms with Crippen molar-refractivity contribution >= 4 is 0 Å². The lowest BCUT2D eigenvalue weighted by Crippen LogP contribution is -2.28. The van der Waals surface area contributed by atoms with E-state index in [-0.39, 0.29) is 11.7 Å². The SMILES string of the molecule is COC(C)(C)CCCCCCCCCCCCCCC1=C(C)C(O)CCC1(C)C. The van der Waals surface area contributed by atoms with Crippen molar-refractivity contribution in [2.45, 2.75) is 149 Å². The molecule has 2 nitrogen and oxygen atoms in total. The average Bonchev–Trinajstić information content (AvgIpc) is 2.67. The topological polar surface area (TPSA) is 29.5 Å². The Labute approximate surface area is 182 Å². The summed E-state index contributed by atoms with van der Waals surface area (Å²) >= 11 is 0. The first-order valence-electron chi connectivity index (χ1n) is 12.6. The van der Waals surface area contributed by atoms with Gasteiger partial charge in [0.2, 0.25) is 0 Å². The van der Waals surface area contributed by atoms with Crippen LogP contribution in [0.15, 0.2) is 11.1 Å². The highest BCUT2D eigenvalue weighted by atomic mass is 16.5. The van der Waals surface area contributed by atoms with Gasteiger partial charge >= 0.3 is 0 Å². The van der Waals surface area contributed by atoms with Gasteiger partial charge in [-0.05, 0) is 63.9 Å². The van der Waals surface area contributed by atoms with Crippen LogP contribution in [0.4, 0.5) is 0 Å². The van der Waals surface area contributed by atoms with E-state index in [4.69, 9.17) is 4.74 Å². The van der Waals surface area contributed by atoms with E-state index in [1.54, 1.807) is 5.57 Å². The average molecular weight is 409 g/mol. The number of hydrogen-bond donors (Lipinski definition) is 1. The maximum atomic E-state index is 10.2. The van der Waals surface area contributed by atoms with Crippen molar-refractivity contribution in [1.82, 2.24) is 0 Å². The normalized spacial score (nSPS) is 19.8. The highest BCUT2D eigenvalue weighted by Gasteiger charge is 2.31. The molecule has 0 heterocycles. The third kappa shape index (κ3) is 11.0. The highest BCUT2D eigenvalue weighted by Crippen LogP contribution is 2.42. The first-order chi connectivity index (χ1) is 13.7. The predicted molar refractivity (Wildman–Crippen MR) is 127 cm³/mol. The summed E-state index contributed by atoms with van der Waals surface area (Å²) in [5.74, 6) is 0. The molecule has 0 fully saturated rings. The van der Waals surface area contributed by atoms with E-state index in [0.717, 1.165) is 12.8 Å². The molecule has 1 atom stereocenters. The molecule has 0 aliphatic heterocycles. The predicted octanol–water partition coefficient (Wildman–Crippen LogP) is 8.37. The summed E-state index contributed by atoms with van der Waals surface area (Å²) in [6, 6.07) is 0. The van der Waals surface area contributed by atoms with E-state index in [1.807, 2.05) is 7.11 Å². The number of ether oxygens (including phenoxy) is 1. The Morgan fingerprint density at radius 1 is 0.862 bits per heavy atom. The van der Waals surface area contributed by atoms with Crippen LogP contribution in [0, 0.1) is 5.41 Å². The van der Waals surface area contributed by atoms with E-state index >= 15 is 0 Å². The third-order valence-electron chi connectivity index (χ3n) is 7.34. The zero-order valence-corrected chi connectivity index (χ0v) is 20.7. The smallest absolute Gasteiger partial charge is 0.0750 e. The van der Waals surface area contributed by atoms with Crippen LogP contribution in [0.2, 0.25) is 0 Å². The van der Waals surface area contributed by atoms with E-state index in [1.165, 1.54) is 95.5 Å². The summed E-state index contributed by atoms with van der Waals surface area (Å²) in [5.41, 5.74) is 3.16. The molecule has 0 aromatic rings. The minimum atomic E-state index is -0.185. The van der Waals surface area contributed by atoms with Gasteiger partial charge in [-0.15, -0.1) is 0 Å². The molecule has 0 radical (unpaired) electrons. The second-order valence-corrected chi connectivity index (χ2v) is 10.8. The van der Waals surface area contributed by atoms with Gasteiger partial charge in [-0.25, -0.2) is 0 Å². The molecule has 0 saturated heterocycles. The molecular weight excluding hydrogens is 356 g/mol. The lowest BCUT2D eigenvalue weighted by molar-refractivity contribution is 0.0134. The van der Waals surface area contributed by atoms with Crippen molar-refractivity contribution in [3.63, 3.8) is 0 Å². The molecule has 0 aromatic carbocycles. The maximum absolute atomic E-state index is 10.2. The van der Waals surface area contributed by atoms with Crippen LogP contribution < -0.4 is 0 Å². The van der Waals surface area contributed by atoms with E-state index in [2.05, 4.69) is 34.6 Å². The van der Waals surface area contributed by atoms with Gasteiger partial charge in [0.1, 0.15) is 0 Å². The van der Waals surface area contributed by atoms with Gasteiger partial charge in [-0.1, -0.05) is 90.0 Å². The zero-order chi connectivity index (χ0) is 21.8. The Bertz CT molecular complexity index is 461. The summed E-state index contributed by atoms with van der Waals surface area (Å²) < 4.78 is 5.48. The van der Waals surface area contributed by atoms with Crippen LogP contribution in [0.5, 0.6) is 0 Å². The fourth-order valence-corrected chi connectivity index (χ4v) is 4.86. The third-order valence-corrected chi connectivity index (χ3v) is 7.34. The Morgan fingerprint density at radius 2 is 1.31 bits per heavy atom. The second kappa shape index (κ2) is 13.9. The van der Waals surface area contributed by atoms with Crippen LogP contribution in [-0.4, -0.2) is 23.9 Å². The van der Waals surface area contributed by atoms with Crippen LogP contribution in [-0.2, 0) is 4.74 Å². The summed E-state index contributed by atoms with van der Waals surface area (Å²) in [5, 5.41) is 10.2. The van der Waals surface area contributed by atoms with Gasteiger partial charge in [-0.2, -0.15) is 0 Å². The maximum Gasteiger partial charge on any atom is 0.0750 e. The van der Waals surface area contributed by atoms with Crippen LogP contribution in [0.25, 0.3) is 0 Å². The second-order valence-electron chi connectivity index (χ2n) is 10.8. The molecule has 0 saturated carbocycles. The van der Waals surface area contributed by atoms with Gasteiger partial charge < -0.3 is 9.84 Å². The van der Waals surface area contributed by atoms with Gasteiger partial charge in [-0.3, -0.25) is 0 Å². The molecule has 1 unspecified atom stereocenters. The fourth-order valence-electron chi connectivity index (χ4n) is 4.86. The molecule has 1 rings (SSSR count). The molecule has 0 spiro atoms. The molecule has 1 aliphatic carbocycles. The van der Waals surface area contributed by atoms with E-state index in [0.29, 0.717) is 5.41 Å². The first kappa shape index (κ1) is 26.7. The summed E-state index contributed by atoms with van der Waals surface area (Å²) in [4.78, 5) is 0. The minimum absolute atomic E-state index is 0.0592. The fraction of sp³-hybridized carbons (Fsp3) is 0.926. The molecule has 2 heteroatoms. The number of rotatable bonds is 16. The quantitative estimate of drug-likeness (QED) is 0.205. The van der Waals surface area contributed by atoms with Gasteiger partial charge in [0.25, 0.3) is 0 Å². The Morgan fingerprint density at radius 3 is 1.79 bits per heavy atom. The minimum Gasteiger partial charge on any atom is -0.389 e. The van der Waals surface area contributed by atoms with Crippen molar-refractivity contribution in [1.29, 1.82) is 0 Å².